The number of carbonyl (C=O) groups is 2. The predicted molar refractivity (Wildman–Crippen MR) is 106 cm³/mol. The maximum Gasteiger partial charge on any atom is 0.332 e. The van der Waals surface area contributed by atoms with Crippen molar-refractivity contribution in [2.75, 3.05) is 7.11 Å². The van der Waals surface area contributed by atoms with Gasteiger partial charge < -0.3 is 15.2 Å². The van der Waals surface area contributed by atoms with Gasteiger partial charge in [-0.2, -0.15) is 0 Å². The van der Waals surface area contributed by atoms with E-state index in [1.165, 1.54) is 7.11 Å². The number of nitrogens with two attached hydrogens (primary N) is 1. The molecule has 2 aromatic carbocycles. The van der Waals surface area contributed by atoms with Gasteiger partial charge in [-0.15, -0.1) is 0 Å². The summed E-state index contributed by atoms with van der Waals surface area (Å²) in [5.74, 6) is -2.22. The molecule has 0 aliphatic heterocycles. The van der Waals surface area contributed by atoms with Gasteiger partial charge in [0.2, 0.25) is 0 Å². The average Bonchev–Trinajstić information content (AvgIpc) is 3.27. The zero-order chi connectivity index (χ0) is 20.0. The number of allylic oxidation sites excluding steroid dienone is 2. The van der Waals surface area contributed by atoms with Crippen molar-refractivity contribution >= 4 is 11.9 Å². The topological polar surface area (TPSA) is 78.6 Å². The third-order valence-electron chi connectivity index (χ3n) is 5.23. The minimum absolute atomic E-state index is 0.0832. The molecule has 0 bridgehead atoms. The molecule has 0 saturated heterocycles. The first-order chi connectivity index (χ1) is 13.6. The SMILES string of the molecule is COC(=O)C(C1C=CCC1)C(N)(C(=O)OCc1ccccc1)c1ccccc1. The van der Waals surface area contributed by atoms with Crippen LogP contribution in [0.2, 0.25) is 0 Å². The van der Waals surface area contributed by atoms with E-state index in [-0.39, 0.29) is 12.5 Å². The summed E-state index contributed by atoms with van der Waals surface area (Å²) in [5, 5.41) is 0. The highest BCUT2D eigenvalue weighted by molar-refractivity contribution is 5.90. The van der Waals surface area contributed by atoms with E-state index in [9.17, 15) is 9.59 Å². The molecular formula is C23H25NO4. The number of methoxy groups -OCH3 is 1. The number of ether oxygens (including phenoxy) is 2. The summed E-state index contributed by atoms with van der Waals surface area (Å²) in [6.07, 6.45) is 5.51. The van der Waals surface area contributed by atoms with Crippen LogP contribution in [0.25, 0.3) is 0 Å². The van der Waals surface area contributed by atoms with Crippen molar-refractivity contribution in [3.05, 3.63) is 83.9 Å². The minimum atomic E-state index is -1.65. The molecule has 0 aromatic heterocycles. The molecule has 0 amide bonds. The van der Waals surface area contributed by atoms with Gasteiger partial charge in [0, 0.05) is 0 Å². The van der Waals surface area contributed by atoms with Crippen LogP contribution in [0.5, 0.6) is 0 Å². The maximum absolute atomic E-state index is 13.3. The van der Waals surface area contributed by atoms with Crippen LogP contribution >= 0.6 is 0 Å². The Hall–Kier alpha value is -2.92. The van der Waals surface area contributed by atoms with E-state index < -0.39 is 23.4 Å². The Morgan fingerprint density at radius 3 is 2.32 bits per heavy atom. The van der Waals surface area contributed by atoms with Crippen LogP contribution in [0.4, 0.5) is 0 Å². The highest BCUT2D eigenvalue weighted by Crippen LogP contribution is 2.39. The highest BCUT2D eigenvalue weighted by Gasteiger charge is 2.52. The summed E-state index contributed by atoms with van der Waals surface area (Å²) in [7, 11) is 1.31. The molecule has 28 heavy (non-hydrogen) atoms. The van der Waals surface area contributed by atoms with Gasteiger partial charge in [-0.3, -0.25) is 4.79 Å². The van der Waals surface area contributed by atoms with E-state index in [4.69, 9.17) is 15.2 Å². The summed E-state index contributed by atoms with van der Waals surface area (Å²) in [4.78, 5) is 26.0. The lowest BCUT2D eigenvalue weighted by atomic mass is 9.71. The fourth-order valence-electron chi connectivity index (χ4n) is 3.74. The van der Waals surface area contributed by atoms with Crippen molar-refractivity contribution < 1.29 is 19.1 Å². The Bertz CT molecular complexity index is 834. The first-order valence-corrected chi connectivity index (χ1v) is 9.37. The van der Waals surface area contributed by atoms with Crippen LogP contribution in [-0.4, -0.2) is 19.0 Å². The Labute approximate surface area is 165 Å². The molecule has 0 spiro atoms. The van der Waals surface area contributed by atoms with Gasteiger partial charge in [-0.1, -0.05) is 72.8 Å². The molecule has 5 heteroatoms. The number of carbonyl (C=O) groups excluding carboxylic acids is 2. The molecule has 0 heterocycles. The monoisotopic (exact) mass is 379 g/mol. The van der Waals surface area contributed by atoms with Crippen molar-refractivity contribution in [1.82, 2.24) is 0 Å². The first kappa shape index (κ1) is 19.8. The van der Waals surface area contributed by atoms with E-state index in [1.807, 2.05) is 48.6 Å². The number of benzene rings is 2. The Morgan fingerprint density at radius 1 is 1.11 bits per heavy atom. The van der Waals surface area contributed by atoms with Gasteiger partial charge in [0.15, 0.2) is 5.54 Å². The zero-order valence-electron chi connectivity index (χ0n) is 15.9. The molecular weight excluding hydrogens is 354 g/mol. The van der Waals surface area contributed by atoms with E-state index in [0.29, 0.717) is 5.56 Å². The number of rotatable bonds is 7. The van der Waals surface area contributed by atoms with Crippen molar-refractivity contribution in [2.24, 2.45) is 17.6 Å². The van der Waals surface area contributed by atoms with Gasteiger partial charge >= 0.3 is 11.9 Å². The predicted octanol–water partition coefficient (Wildman–Crippen LogP) is 3.34. The van der Waals surface area contributed by atoms with Crippen LogP contribution in [0.3, 0.4) is 0 Å². The van der Waals surface area contributed by atoms with Crippen molar-refractivity contribution in [3.8, 4) is 0 Å². The Balaban J connectivity index is 1.97. The smallest absolute Gasteiger partial charge is 0.332 e. The Morgan fingerprint density at radius 2 is 1.75 bits per heavy atom. The van der Waals surface area contributed by atoms with Crippen LogP contribution in [0.15, 0.2) is 72.8 Å². The summed E-state index contributed by atoms with van der Waals surface area (Å²) < 4.78 is 10.6. The maximum atomic E-state index is 13.3. The van der Waals surface area contributed by atoms with Gasteiger partial charge in [-0.25, -0.2) is 4.79 Å². The molecule has 2 aromatic rings. The summed E-state index contributed by atoms with van der Waals surface area (Å²) in [6.45, 7) is 0.0832. The molecule has 3 rings (SSSR count). The molecule has 0 fully saturated rings. The van der Waals surface area contributed by atoms with Crippen molar-refractivity contribution in [2.45, 2.75) is 25.0 Å². The Kier molecular flexibility index (Phi) is 6.26. The van der Waals surface area contributed by atoms with E-state index in [2.05, 4.69) is 0 Å². The van der Waals surface area contributed by atoms with E-state index >= 15 is 0 Å². The number of hydrogen-bond donors (Lipinski definition) is 1. The van der Waals surface area contributed by atoms with E-state index in [1.54, 1.807) is 24.3 Å². The molecule has 5 nitrogen and oxygen atoms in total. The minimum Gasteiger partial charge on any atom is -0.469 e. The van der Waals surface area contributed by atoms with Crippen LogP contribution in [-0.2, 0) is 31.2 Å². The van der Waals surface area contributed by atoms with Gasteiger partial charge in [0.1, 0.15) is 6.61 Å². The largest absolute Gasteiger partial charge is 0.469 e. The second-order valence-corrected chi connectivity index (χ2v) is 6.97. The van der Waals surface area contributed by atoms with Crippen molar-refractivity contribution in [3.63, 3.8) is 0 Å². The third kappa shape index (κ3) is 3.99. The molecule has 0 saturated carbocycles. The summed E-state index contributed by atoms with van der Waals surface area (Å²) in [6, 6.07) is 18.3. The lowest BCUT2D eigenvalue weighted by Gasteiger charge is -2.36. The molecule has 2 N–H and O–H groups in total. The van der Waals surface area contributed by atoms with E-state index in [0.717, 1.165) is 18.4 Å². The summed E-state index contributed by atoms with van der Waals surface area (Å²) >= 11 is 0. The zero-order valence-corrected chi connectivity index (χ0v) is 15.9. The van der Waals surface area contributed by atoms with Crippen LogP contribution < -0.4 is 5.73 Å². The van der Waals surface area contributed by atoms with Gasteiger partial charge in [-0.05, 0) is 29.9 Å². The molecule has 146 valence electrons. The number of hydrogen-bond acceptors (Lipinski definition) is 5. The molecule has 0 radical (unpaired) electrons. The van der Waals surface area contributed by atoms with Crippen LogP contribution in [0.1, 0.15) is 24.0 Å². The molecule has 3 atom stereocenters. The summed E-state index contributed by atoms with van der Waals surface area (Å²) in [5.41, 5.74) is 6.45. The van der Waals surface area contributed by atoms with Gasteiger partial charge in [0.25, 0.3) is 0 Å². The number of esters is 2. The second-order valence-electron chi connectivity index (χ2n) is 6.97. The lowest BCUT2D eigenvalue weighted by molar-refractivity contribution is -0.164. The van der Waals surface area contributed by atoms with Crippen molar-refractivity contribution in [1.29, 1.82) is 0 Å². The molecule has 1 aliphatic carbocycles. The molecule has 3 unspecified atom stereocenters. The second kappa shape index (κ2) is 8.85. The fourth-order valence-corrected chi connectivity index (χ4v) is 3.74. The quantitative estimate of drug-likeness (QED) is 0.590. The standard InChI is InChI=1S/C23H25NO4/c1-27-21(25)20(18-12-8-9-13-18)23(24,19-14-6-3-7-15-19)22(26)28-16-17-10-4-2-5-11-17/h2-8,10-12,14-15,18,20H,9,13,16,24H2,1H3. The van der Waals surface area contributed by atoms with Crippen LogP contribution in [0, 0.1) is 11.8 Å². The lowest BCUT2D eigenvalue weighted by Crippen LogP contribution is -2.56. The van der Waals surface area contributed by atoms with Gasteiger partial charge in [0.05, 0.1) is 13.0 Å². The normalized spacial score (nSPS) is 18.9. The third-order valence-corrected chi connectivity index (χ3v) is 5.23. The highest BCUT2D eigenvalue weighted by atomic mass is 16.5. The molecule has 1 aliphatic rings. The first-order valence-electron chi connectivity index (χ1n) is 9.37. The fraction of sp³-hybridized carbons (Fsp3) is 0.304. The average molecular weight is 379 g/mol.